The lowest BCUT2D eigenvalue weighted by molar-refractivity contribution is -0.126. The number of ether oxygens (including phenoxy) is 1. The lowest BCUT2D eigenvalue weighted by atomic mass is 10.1. The van der Waals surface area contributed by atoms with Gasteiger partial charge in [-0.3, -0.25) is 14.4 Å². The third-order valence-electron chi connectivity index (χ3n) is 4.69. The van der Waals surface area contributed by atoms with Crippen molar-refractivity contribution in [3.8, 4) is 0 Å². The number of hydrogen-bond donors (Lipinski definition) is 3. The van der Waals surface area contributed by atoms with Gasteiger partial charge >= 0.3 is 5.97 Å². The van der Waals surface area contributed by atoms with Crippen molar-refractivity contribution in [1.82, 2.24) is 10.3 Å². The maximum atomic E-state index is 12.4. The molecule has 8 nitrogen and oxygen atoms in total. The van der Waals surface area contributed by atoms with Gasteiger partial charge in [0.05, 0.1) is 12.1 Å². The Kier molecular flexibility index (Phi) is 6.49. The fraction of sp³-hybridized carbons (Fsp3) is 0.217. The molecule has 31 heavy (non-hydrogen) atoms. The molecule has 3 rings (SSSR count). The van der Waals surface area contributed by atoms with Gasteiger partial charge in [0.25, 0.3) is 5.91 Å². The van der Waals surface area contributed by atoms with E-state index in [1.54, 1.807) is 24.3 Å². The molecule has 0 atom stereocenters. The van der Waals surface area contributed by atoms with E-state index < -0.39 is 29.9 Å². The molecule has 0 radical (unpaired) electrons. The molecule has 3 N–H and O–H groups in total. The van der Waals surface area contributed by atoms with E-state index in [4.69, 9.17) is 4.74 Å². The minimum absolute atomic E-state index is 0.0650. The van der Waals surface area contributed by atoms with Crippen molar-refractivity contribution in [2.45, 2.75) is 20.8 Å². The number of benzene rings is 2. The predicted octanol–water partition coefficient (Wildman–Crippen LogP) is 2.37. The molecular weight excluding hydrogens is 398 g/mol. The third-order valence-corrected chi connectivity index (χ3v) is 4.69. The molecule has 1 heterocycles. The molecule has 3 aromatic rings. The lowest BCUT2D eigenvalue weighted by Gasteiger charge is -2.13. The predicted molar refractivity (Wildman–Crippen MR) is 117 cm³/mol. The fourth-order valence-electron chi connectivity index (χ4n) is 3.37. The number of para-hydroxylation sites is 1. The Balaban J connectivity index is 1.55. The molecule has 0 saturated carbocycles. The summed E-state index contributed by atoms with van der Waals surface area (Å²) in [5, 5.41) is 5.70. The number of aromatic amines is 1. The molecule has 0 fully saturated rings. The number of rotatable bonds is 6. The first-order chi connectivity index (χ1) is 14.7. The monoisotopic (exact) mass is 421 g/mol. The van der Waals surface area contributed by atoms with Crippen LogP contribution < -0.4 is 16.2 Å². The molecule has 0 aliphatic heterocycles. The first-order valence-corrected chi connectivity index (χ1v) is 9.68. The average Bonchev–Trinajstić information content (AvgIpc) is 2.72. The molecule has 2 aromatic carbocycles. The largest absolute Gasteiger partial charge is 0.452 e. The van der Waals surface area contributed by atoms with Crippen molar-refractivity contribution in [2.24, 2.45) is 0 Å². The third kappa shape index (κ3) is 5.36. The molecule has 0 aliphatic carbocycles. The summed E-state index contributed by atoms with van der Waals surface area (Å²) in [6.45, 7) is 4.92. The summed E-state index contributed by atoms with van der Waals surface area (Å²) in [5.74, 6) is -1.82. The molecule has 0 bridgehead atoms. The maximum Gasteiger partial charge on any atom is 0.339 e. The number of amides is 2. The van der Waals surface area contributed by atoms with Gasteiger partial charge in [0.1, 0.15) is 0 Å². The zero-order valence-electron chi connectivity index (χ0n) is 17.5. The van der Waals surface area contributed by atoms with Crippen molar-refractivity contribution in [2.75, 3.05) is 18.5 Å². The molecule has 2 amide bonds. The van der Waals surface area contributed by atoms with Gasteiger partial charge in [0.2, 0.25) is 11.5 Å². The van der Waals surface area contributed by atoms with Crippen LogP contribution in [0.1, 0.15) is 27.0 Å². The van der Waals surface area contributed by atoms with Gasteiger partial charge in [-0.05, 0) is 38.0 Å². The maximum absolute atomic E-state index is 12.4. The van der Waals surface area contributed by atoms with Gasteiger partial charge < -0.3 is 20.4 Å². The van der Waals surface area contributed by atoms with Crippen LogP contribution in [0.5, 0.6) is 0 Å². The van der Waals surface area contributed by atoms with Gasteiger partial charge in [0.15, 0.2) is 6.61 Å². The van der Waals surface area contributed by atoms with E-state index in [1.807, 2.05) is 32.9 Å². The zero-order chi connectivity index (χ0) is 22.5. The highest BCUT2D eigenvalue weighted by Crippen LogP contribution is 2.21. The fourth-order valence-corrected chi connectivity index (χ4v) is 3.37. The molecular formula is C23H23N3O5. The second kappa shape index (κ2) is 9.25. The van der Waals surface area contributed by atoms with Crippen molar-refractivity contribution >= 4 is 34.4 Å². The Bertz CT molecular complexity index is 1210. The number of esters is 1. The van der Waals surface area contributed by atoms with Crippen LogP contribution in [0.3, 0.4) is 0 Å². The van der Waals surface area contributed by atoms with Crippen LogP contribution in [-0.4, -0.2) is 35.9 Å². The second-order valence-electron chi connectivity index (χ2n) is 7.27. The van der Waals surface area contributed by atoms with Crippen LogP contribution in [0.4, 0.5) is 5.69 Å². The van der Waals surface area contributed by atoms with Crippen LogP contribution in [0.2, 0.25) is 0 Å². The van der Waals surface area contributed by atoms with Crippen LogP contribution >= 0.6 is 0 Å². The van der Waals surface area contributed by atoms with Crippen LogP contribution in [0.25, 0.3) is 10.9 Å². The van der Waals surface area contributed by atoms with E-state index in [9.17, 15) is 19.2 Å². The summed E-state index contributed by atoms with van der Waals surface area (Å²) in [7, 11) is 0. The van der Waals surface area contributed by atoms with Crippen molar-refractivity contribution in [3.63, 3.8) is 0 Å². The normalized spacial score (nSPS) is 10.5. The van der Waals surface area contributed by atoms with E-state index in [0.29, 0.717) is 16.6 Å². The molecule has 0 aliphatic rings. The highest BCUT2D eigenvalue weighted by atomic mass is 16.5. The van der Waals surface area contributed by atoms with Crippen molar-refractivity contribution in [3.05, 3.63) is 75.1 Å². The number of anilines is 1. The Labute approximate surface area is 178 Å². The van der Waals surface area contributed by atoms with E-state index in [-0.39, 0.29) is 12.1 Å². The number of carbonyl (C=O) groups is 3. The highest BCUT2D eigenvalue weighted by Gasteiger charge is 2.15. The number of pyridine rings is 1. The average molecular weight is 421 g/mol. The quantitative estimate of drug-likeness (QED) is 0.528. The number of carbonyl (C=O) groups excluding carboxylic acids is 3. The van der Waals surface area contributed by atoms with Crippen LogP contribution in [0.15, 0.2) is 47.3 Å². The summed E-state index contributed by atoms with van der Waals surface area (Å²) in [6.07, 6.45) is 0. The molecule has 0 spiro atoms. The van der Waals surface area contributed by atoms with Crippen molar-refractivity contribution < 1.29 is 19.1 Å². The minimum atomic E-state index is -0.798. The van der Waals surface area contributed by atoms with Crippen LogP contribution in [-0.2, 0) is 14.3 Å². The first-order valence-electron chi connectivity index (χ1n) is 9.68. The Hall–Kier alpha value is -3.94. The summed E-state index contributed by atoms with van der Waals surface area (Å²) in [6, 6.07) is 11.8. The number of fused-ring (bicyclic) bond motifs is 1. The number of aryl methyl sites for hydroxylation is 3. The Morgan fingerprint density at radius 1 is 0.968 bits per heavy atom. The summed E-state index contributed by atoms with van der Waals surface area (Å²) >= 11 is 0. The minimum Gasteiger partial charge on any atom is -0.452 e. The van der Waals surface area contributed by atoms with Gasteiger partial charge in [-0.2, -0.15) is 0 Å². The lowest BCUT2D eigenvalue weighted by Crippen LogP contribution is -2.35. The topological polar surface area (TPSA) is 117 Å². The molecule has 0 saturated heterocycles. The van der Waals surface area contributed by atoms with E-state index in [0.717, 1.165) is 22.8 Å². The Morgan fingerprint density at radius 2 is 1.65 bits per heavy atom. The molecule has 1 aromatic heterocycles. The second-order valence-corrected chi connectivity index (χ2v) is 7.27. The number of nitrogens with one attached hydrogen (secondary N) is 3. The van der Waals surface area contributed by atoms with Gasteiger partial charge in [-0.25, -0.2) is 4.79 Å². The zero-order valence-corrected chi connectivity index (χ0v) is 17.5. The van der Waals surface area contributed by atoms with E-state index in [1.165, 1.54) is 0 Å². The first kappa shape index (κ1) is 21.8. The molecule has 160 valence electrons. The van der Waals surface area contributed by atoms with Crippen molar-refractivity contribution in [1.29, 1.82) is 0 Å². The summed E-state index contributed by atoms with van der Waals surface area (Å²) in [5.41, 5.74) is 3.76. The standard InChI is InChI=1S/C23H23N3O5/c1-13-8-14(2)22(15(3)9-13)26-20(28)11-24-21(29)12-31-23(30)17-10-19(27)25-18-7-5-4-6-16(17)18/h4-10H,11-12H2,1-3H3,(H,24,29)(H,25,27)(H,26,28). The molecule has 8 heteroatoms. The highest BCUT2D eigenvalue weighted by molar-refractivity contribution is 6.04. The summed E-state index contributed by atoms with van der Waals surface area (Å²) < 4.78 is 5.02. The summed E-state index contributed by atoms with van der Waals surface area (Å²) in [4.78, 5) is 50.9. The smallest absolute Gasteiger partial charge is 0.339 e. The van der Waals surface area contributed by atoms with Gasteiger partial charge in [-0.15, -0.1) is 0 Å². The Morgan fingerprint density at radius 3 is 2.35 bits per heavy atom. The SMILES string of the molecule is Cc1cc(C)c(NC(=O)CNC(=O)COC(=O)c2cc(=O)[nH]c3ccccc23)c(C)c1. The molecule has 0 unspecified atom stereocenters. The number of hydrogen-bond acceptors (Lipinski definition) is 5. The van der Waals surface area contributed by atoms with Gasteiger partial charge in [-0.1, -0.05) is 35.9 Å². The van der Waals surface area contributed by atoms with E-state index >= 15 is 0 Å². The van der Waals surface area contributed by atoms with Crippen LogP contribution in [0, 0.1) is 20.8 Å². The number of H-pyrrole nitrogens is 1. The van der Waals surface area contributed by atoms with E-state index in [2.05, 4.69) is 15.6 Å². The number of aromatic nitrogens is 1. The van der Waals surface area contributed by atoms with Gasteiger partial charge in [0, 0.05) is 22.7 Å².